The van der Waals surface area contributed by atoms with Crippen LogP contribution in [0, 0.1) is 0 Å². The first-order valence-corrected chi connectivity index (χ1v) is 10.6. The number of anilines is 1. The lowest BCUT2D eigenvalue weighted by Gasteiger charge is -2.28. The molecule has 3 aromatic carbocycles. The maximum absolute atomic E-state index is 13.1. The highest BCUT2D eigenvalue weighted by Gasteiger charge is 2.39. The number of nitrogens with one attached hydrogen (secondary N) is 1. The number of hydrogen-bond acceptors (Lipinski definition) is 8. The zero-order valence-corrected chi connectivity index (χ0v) is 18.1. The molecule has 0 radical (unpaired) electrons. The molecule has 0 bridgehead atoms. The number of rotatable bonds is 3. The SMILES string of the molecule is O=C(Nc1ccccc1)OCC1(O)C=c2c(O)c3c(c(O)c2C(=O)C1)=C(O)c1ccccc1C3=O. The fourth-order valence-corrected chi connectivity index (χ4v) is 4.42. The first kappa shape index (κ1) is 22.2. The van der Waals surface area contributed by atoms with Crippen LogP contribution in [-0.4, -0.2) is 50.3 Å². The van der Waals surface area contributed by atoms with Crippen molar-refractivity contribution in [2.75, 3.05) is 11.9 Å². The number of fused-ring (bicyclic) bond motifs is 3. The summed E-state index contributed by atoms with van der Waals surface area (Å²) in [6.07, 6.45) is -0.379. The van der Waals surface area contributed by atoms with E-state index >= 15 is 0 Å². The Bertz CT molecular complexity index is 1540. The van der Waals surface area contributed by atoms with E-state index in [2.05, 4.69) is 5.32 Å². The van der Waals surface area contributed by atoms with Crippen molar-refractivity contribution in [3.8, 4) is 11.5 Å². The summed E-state index contributed by atoms with van der Waals surface area (Å²) in [6, 6.07) is 14.6. The number of benzene rings is 3. The Morgan fingerprint density at radius 3 is 2.29 bits per heavy atom. The van der Waals surface area contributed by atoms with Crippen molar-refractivity contribution < 1.29 is 39.5 Å². The zero-order chi connectivity index (χ0) is 24.9. The van der Waals surface area contributed by atoms with Gasteiger partial charge in [-0.1, -0.05) is 42.5 Å². The monoisotopic (exact) mass is 473 g/mol. The van der Waals surface area contributed by atoms with Gasteiger partial charge in [-0.2, -0.15) is 0 Å². The number of carbonyl (C=O) groups excluding carboxylic acids is 3. The van der Waals surface area contributed by atoms with Gasteiger partial charge in [0.1, 0.15) is 29.5 Å². The second kappa shape index (κ2) is 8.00. The summed E-state index contributed by atoms with van der Waals surface area (Å²) in [7, 11) is 0. The van der Waals surface area contributed by atoms with Gasteiger partial charge in [-0.05, 0) is 18.2 Å². The van der Waals surface area contributed by atoms with Crippen LogP contribution in [-0.2, 0) is 4.74 Å². The summed E-state index contributed by atoms with van der Waals surface area (Å²) in [5, 5.41) is 45.4. The highest BCUT2D eigenvalue weighted by molar-refractivity contribution is 6.17. The van der Waals surface area contributed by atoms with E-state index in [1.54, 1.807) is 42.5 Å². The normalized spacial score (nSPS) is 18.1. The minimum Gasteiger partial charge on any atom is -0.507 e. The van der Waals surface area contributed by atoms with Gasteiger partial charge in [0.15, 0.2) is 11.6 Å². The number of Topliss-reactive ketones (excluding diaryl/α,β-unsaturated/α-hetero) is 1. The molecule has 0 saturated carbocycles. The van der Waals surface area contributed by atoms with Gasteiger partial charge in [-0.25, -0.2) is 4.79 Å². The van der Waals surface area contributed by atoms with E-state index < -0.39 is 59.1 Å². The van der Waals surface area contributed by atoms with Crippen molar-refractivity contribution in [1.29, 1.82) is 0 Å². The minimum absolute atomic E-state index is 0.102. The number of phenolic OH excluding ortho intramolecular Hbond substituents is 2. The van der Waals surface area contributed by atoms with Crippen molar-refractivity contribution in [1.82, 2.24) is 0 Å². The highest BCUT2D eigenvalue weighted by atomic mass is 16.6. The van der Waals surface area contributed by atoms with E-state index in [1.807, 2.05) is 0 Å². The first-order valence-electron chi connectivity index (χ1n) is 10.6. The van der Waals surface area contributed by atoms with Crippen LogP contribution in [0.3, 0.4) is 0 Å². The standard InChI is InChI=1S/C26H19NO8/c28-17-11-26(34,12-35-25(33)27-13-6-2-1-3-7-13)10-16-18(17)24(32)20-19(23(16)31)21(29)14-8-4-5-9-15(14)22(20)30/h1-10,30-32,34H,11-12H2,(H,27,33). The summed E-state index contributed by atoms with van der Waals surface area (Å²) < 4.78 is 5.08. The third-order valence-electron chi connectivity index (χ3n) is 6.01. The molecule has 9 nitrogen and oxygen atoms in total. The topological polar surface area (TPSA) is 153 Å². The third-order valence-corrected chi connectivity index (χ3v) is 6.01. The van der Waals surface area contributed by atoms with Gasteiger partial charge in [0.05, 0.1) is 16.3 Å². The second-order valence-electron chi connectivity index (χ2n) is 8.37. The number of phenols is 2. The lowest BCUT2D eigenvalue weighted by molar-refractivity contribution is 0.0231. The predicted octanol–water partition coefficient (Wildman–Crippen LogP) is 1.70. The van der Waals surface area contributed by atoms with Gasteiger partial charge in [0, 0.05) is 28.5 Å². The molecule has 5 rings (SSSR count). The molecule has 35 heavy (non-hydrogen) atoms. The fourth-order valence-electron chi connectivity index (χ4n) is 4.42. The van der Waals surface area contributed by atoms with Crippen LogP contribution in [0.25, 0.3) is 11.8 Å². The molecular formula is C26H19NO8. The van der Waals surface area contributed by atoms with Gasteiger partial charge in [0.25, 0.3) is 0 Å². The Balaban J connectivity index is 1.57. The van der Waals surface area contributed by atoms with Crippen LogP contribution in [0.15, 0.2) is 54.6 Å². The van der Waals surface area contributed by atoms with Gasteiger partial charge >= 0.3 is 6.09 Å². The number of aliphatic hydroxyl groups is 2. The number of ketones is 2. The molecule has 0 fully saturated rings. The number of para-hydroxylation sites is 1. The molecule has 2 aliphatic carbocycles. The van der Waals surface area contributed by atoms with Crippen LogP contribution in [0.4, 0.5) is 10.5 Å². The van der Waals surface area contributed by atoms with E-state index in [0.717, 1.165) is 6.08 Å². The summed E-state index contributed by atoms with van der Waals surface area (Å²) in [5.41, 5.74) is -2.04. The predicted molar refractivity (Wildman–Crippen MR) is 124 cm³/mol. The van der Waals surface area contributed by atoms with Crippen molar-refractivity contribution in [2.45, 2.75) is 12.0 Å². The number of amides is 1. The number of hydrogen-bond donors (Lipinski definition) is 5. The van der Waals surface area contributed by atoms with Crippen molar-refractivity contribution in [3.63, 3.8) is 0 Å². The van der Waals surface area contributed by atoms with Crippen LogP contribution in [0.1, 0.15) is 38.3 Å². The molecule has 0 heterocycles. The molecule has 176 valence electrons. The van der Waals surface area contributed by atoms with Crippen LogP contribution >= 0.6 is 0 Å². The number of carbonyl (C=O) groups is 3. The molecule has 2 aliphatic rings. The molecule has 1 atom stereocenters. The quantitative estimate of drug-likeness (QED) is 0.360. The number of ether oxygens (including phenoxy) is 1. The Morgan fingerprint density at radius 1 is 0.914 bits per heavy atom. The average Bonchev–Trinajstić information content (AvgIpc) is 2.84. The van der Waals surface area contributed by atoms with Gasteiger partial charge in [0.2, 0.25) is 0 Å². The molecule has 0 saturated heterocycles. The second-order valence-corrected chi connectivity index (χ2v) is 8.37. The molecule has 5 N–H and O–H groups in total. The summed E-state index contributed by atoms with van der Waals surface area (Å²) in [6.45, 7) is -0.637. The Morgan fingerprint density at radius 2 is 1.57 bits per heavy atom. The van der Waals surface area contributed by atoms with E-state index in [-0.39, 0.29) is 27.1 Å². The van der Waals surface area contributed by atoms with Crippen molar-refractivity contribution >= 4 is 35.2 Å². The smallest absolute Gasteiger partial charge is 0.411 e. The van der Waals surface area contributed by atoms with E-state index in [4.69, 9.17) is 4.74 Å². The number of aromatic hydroxyl groups is 2. The Kier molecular flexibility index (Phi) is 5.07. The first-order chi connectivity index (χ1) is 16.7. The summed E-state index contributed by atoms with van der Waals surface area (Å²) in [5.74, 6) is -3.26. The lowest BCUT2D eigenvalue weighted by atomic mass is 9.81. The van der Waals surface area contributed by atoms with Gasteiger partial charge in [-0.15, -0.1) is 0 Å². The lowest BCUT2D eigenvalue weighted by Crippen LogP contribution is -2.44. The van der Waals surface area contributed by atoms with E-state index in [0.29, 0.717) is 5.69 Å². The largest absolute Gasteiger partial charge is 0.507 e. The molecular weight excluding hydrogens is 454 g/mol. The zero-order valence-electron chi connectivity index (χ0n) is 18.1. The van der Waals surface area contributed by atoms with E-state index in [1.165, 1.54) is 12.1 Å². The van der Waals surface area contributed by atoms with Gasteiger partial charge in [-0.3, -0.25) is 14.9 Å². The minimum atomic E-state index is -2.02. The fraction of sp³-hybridized carbons (Fsp3) is 0.115. The molecule has 0 aromatic heterocycles. The summed E-state index contributed by atoms with van der Waals surface area (Å²) >= 11 is 0. The molecule has 3 aromatic rings. The molecule has 0 aliphatic heterocycles. The average molecular weight is 473 g/mol. The van der Waals surface area contributed by atoms with Gasteiger partial charge < -0.3 is 25.2 Å². The van der Waals surface area contributed by atoms with E-state index in [9.17, 15) is 34.8 Å². The summed E-state index contributed by atoms with van der Waals surface area (Å²) in [4.78, 5) is 38.2. The molecule has 9 heteroatoms. The van der Waals surface area contributed by atoms with Crippen molar-refractivity contribution in [3.05, 3.63) is 87.3 Å². The molecule has 1 unspecified atom stereocenters. The maximum atomic E-state index is 13.1. The third kappa shape index (κ3) is 3.58. The van der Waals surface area contributed by atoms with Crippen molar-refractivity contribution in [2.24, 2.45) is 0 Å². The van der Waals surface area contributed by atoms with Crippen LogP contribution < -0.4 is 15.8 Å². The Labute approximate surface area is 197 Å². The van der Waals surface area contributed by atoms with Crippen LogP contribution in [0.5, 0.6) is 11.5 Å². The molecule has 1 amide bonds. The number of aliphatic hydroxyl groups excluding tert-OH is 1. The highest BCUT2D eigenvalue weighted by Crippen LogP contribution is 2.32. The molecule has 0 spiro atoms. The Hall–Kier alpha value is -4.63. The van der Waals surface area contributed by atoms with Crippen LogP contribution in [0.2, 0.25) is 0 Å². The maximum Gasteiger partial charge on any atom is 0.411 e.